The summed E-state index contributed by atoms with van der Waals surface area (Å²) in [7, 11) is 0. The molecule has 0 bridgehead atoms. The Hall–Kier alpha value is -2.04. The molecule has 0 saturated carbocycles. The summed E-state index contributed by atoms with van der Waals surface area (Å²) in [6.07, 6.45) is 0.650. The van der Waals surface area contributed by atoms with Gasteiger partial charge in [-0.05, 0) is 31.2 Å². The number of amides is 1. The lowest BCUT2D eigenvalue weighted by atomic mass is 10.1. The van der Waals surface area contributed by atoms with Crippen LogP contribution >= 0.6 is 0 Å². The lowest BCUT2D eigenvalue weighted by Gasteiger charge is -2.06. The van der Waals surface area contributed by atoms with E-state index in [1.165, 1.54) is 24.3 Å². The molecule has 0 radical (unpaired) electrons. The first-order valence-electron chi connectivity index (χ1n) is 5.56. The molecule has 18 heavy (non-hydrogen) atoms. The first kappa shape index (κ1) is 14.0. The maximum absolute atomic E-state index is 12.6. The number of hydrogen-bond acceptors (Lipinski definition) is 3. The van der Waals surface area contributed by atoms with Gasteiger partial charge in [-0.15, -0.1) is 0 Å². The van der Waals surface area contributed by atoms with Crippen LogP contribution in [0.2, 0.25) is 0 Å². The summed E-state index contributed by atoms with van der Waals surface area (Å²) in [5.41, 5.74) is 0.368. The summed E-state index contributed by atoms with van der Waals surface area (Å²) < 4.78 is 12.6. The van der Waals surface area contributed by atoms with Crippen molar-refractivity contribution in [2.24, 2.45) is 0 Å². The van der Waals surface area contributed by atoms with Crippen molar-refractivity contribution in [3.63, 3.8) is 0 Å². The van der Waals surface area contributed by atoms with E-state index in [9.17, 15) is 18.8 Å². The van der Waals surface area contributed by atoms with E-state index in [4.69, 9.17) is 0 Å². The summed E-state index contributed by atoms with van der Waals surface area (Å²) in [5.74, 6) is -1.00. The van der Waals surface area contributed by atoms with Crippen LogP contribution in [0.15, 0.2) is 24.3 Å². The molecule has 0 aliphatic rings. The highest BCUT2D eigenvalue weighted by atomic mass is 19.1. The van der Waals surface area contributed by atoms with Crippen molar-refractivity contribution in [1.29, 1.82) is 0 Å². The summed E-state index contributed by atoms with van der Waals surface area (Å²) >= 11 is 0. The van der Waals surface area contributed by atoms with Crippen molar-refractivity contribution < 1.29 is 18.8 Å². The van der Waals surface area contributed by atoms with E-state index in [0.29, 0.717) is 11.8 Å². The fourth-order valence-electron chi connectivity index (χ4n) is 1.37. The van der Waals surface area contributed by atoms with Gasteiger partial charge >= 0.3 is 0 Å². The molecular formula is C13H14FNO3. The molecule has 4 nitrogen and oxygen atoms in total. The summed E-state index contributed by atoms with van der Waals surface area (Å²) in [6.45, 7) is 1.55. The second kappa shape index (κ2) is 6.64. The predicted octanol–water partition coefficient (Wildman–Crippen LogP) is 1.49. The van der Waals surface area contributed by atoms with Crippen LogP contribution in [-0.2, 0) is 9.59 Å². The van der Waals surface area contributed by atoms with E-state index in [0.717, 1.165) is 0 Å². The predicted molar refractivity (Wildman–Crippen MR) is 63.6 cm³/mol. The maximum Gasteiger partial charge on any atom is 0.221 e. The zero-order valence-corrected chi connectivity index (χ0v) is 9.98. The van der Waals surface area contributed by atoms with E-state index in [1.54, 1.807) is 6.92 Å². The third-order valence-corrected chi connectivity index (χ3v) is 2.34. The van der Waals surface area contributed by atoms with Gasteiger partial charge in [0, 0.05) is 18.4 Å². The second-order valence-electron chi connectivity index (χ2n) is 3.92. The van der Waals surface area contributed by atoms with E-state index in [2.05, 4.69) is 5.32 Å². The minimum atomic E-state index is -0.557. The summed E-state index contributed by atoms with van der Waals surface area (Å²) in [6, 6.07) is 4.59. The highest BCUT2D eigenvalue weighted by Crippen LogP contribution is 2.07. The van der Waals surface area contributed by atoms with Crippen LogP contribution < -0.4 is 5.32 Å². The van der Waals surface area contributed by atoms with Crippen molar-refractivity contribution >= 4 is 18.0 Å². The van der Waals surface area contributed by atoms with Gasteiger partial charge in [0.05, 0.1) is 6.04 Å². The van der Waals surface area contributed by atoms with Crippen LogP contribution in [0.1, 0.15) is 30.1 Å². The van der Waals surface area contributed by atoms with Crippen LogP contribution in [0.5, 0.6) is 0 Å². The minimum Gasteiger partial charge on any atom is -0.347 e. The van der Waals surface area contributed by atoms with Gasteiger partial charge in [0.1, 0.15) is 12.1 Å². The van der Waals surface area contributed by atoms with Crippen LogP contribution in [0.4, 0.5) is 4.39 Å². The third-order valence-electron chi connectivity index (χ3n) is 2.34. The van der Waals surface area contributed by atoms with E-state index < -0.39 is 11.9 Å². The first-order valence-corrected chi connectivity index (χ1v) is 5.56. The van der Waals surface area contributed by atoms with Gasteiger partial charge in [-0.1, -0.05) is 0 Å². The standard InChI is InChI=1S/C13H14FNO3/c1-9(8-16)15-13(18)7-6-12(17)10-2-4-11(14)5-3-10/h2-5,8-9H,6-7H2,1H3,(H,15,18)/t9-/m0/s1. The molecule has 0 aromatic heterocycles. The Morgan fingerprint density at radius 1 is 1.28 bits per heavy atom. The number of ketones is 1. The van der Waals surface area contributed by atoms with Crippen LogP contribution in [0.25, 0.3) is 0 Å². The number of carbonyl (C=O) groups is 3. The van der Waals surface area contributed by atoms with Crippen molar-refractivity contribution in [2.75, 3.05) is 0 Å². The van der Waals surface area contributed by atoms with Crippen LogP contribution in [0, 0.1) is 5.82 Å². The molecule has 1 atom stereocenters. The number of aldehydes is 1. The lowest BCUT2D eigenvalue weighted by molar-refractivity contribution is -0.123. The van der Waals surface area contributed by atoms with Gasteiger partial charge < -0.3 is 10.1 Å². The highest BCUT2D eigenvalue weighted by Gasteiger charge is 2.10. The smallest absolute Gasteiger partial charge is 0.221 e. The number of nitrogens with one attached hydrogen (secondary N) is 1. The quantitative estimate of drug-likeness (QED) is 0.615. The maximum atomic E-state index is 12.6. The van der Waals surface area contributed by atoms with E-state index in [-0.39, 0.29) is 24.5 Å². The SMILES string of the molecule is C[C@@H](C=O)NC(=O)CCC(=O)c1ccc(F)cc1. The van der Waals surface area contributed by atoms with Crippen molar-refractivity contribution in [2.45, 2.75) is 25.8 Å². The molecule has 1 aromatic carbocycles. The van der Waals surface area contributed by atoms with E-state index >= 15 is 0 Å². The number of Topliss-reactive ketones (excluding diaryl/α,β-unsaturated/α-hetero) is 1. The highest BCUT2D eigenvalue weighted by molar-refractivity contribution is 5.98. The van der Waals surface area contributed by atoms with E-state index in [1.807, 2.05) is 0 Å². The number of carbonyl (C=O) groups excluding carboxylic acids is 3. The average molecular weight is 251 g/mol. The van der Waals surface area contributed by atoms with Gasteiger partial charge in [-0.2, -0.15) is 0 Å². The summed E-state index contributed by atoms with van der Waals surface area (Å²) in [5, 5.41) is 2.43. The van der Waals surface area contributed by atoms with Crippen molar-refractivity contribution in [1.82, 2.24) is 5.32 Å². The molecule has 1 N–H and O–H groups in total. The zero-order chi connectivity index (χ0) is 13.5. The summed E-state index contributed by atoms with van der Waals surface area (Å²) in [4.78, 5) is 33.3. The Morgan fingerprint density at radius 2 is 1.89 bits per heavy atom. The average Bonchev–Trinajstić information content (AvgIpc) is 2.36. The molecule has 1 aromatic rings. The molecule has 1 amide bonds. The van der Waals surface area contributed by atoms with Crippen molar-refractivity contribution in [3.8, 4) is 0 Å². The normalized spacial score (nSPS) is 11.7. The topological polar surface area (TPSA) is 63.2 Å². The molecule has 5 heteroatoms. The molecule has 0 aliphatic heterocycles. The third kappa shape index (κ3) is 4.45. The molecule has 0 spiro atoms. The molecule has 0 aliphatic carbocycles. The Bertz CT molecular complexity index is 442. The van der Waals surface area contributed by atoms with Gasteiger partial charge in [0.25, 0.3) is 0 Å². The molecule has 0 heterocycles. The molecule has 1 rings (SSSR count). The fourth-order valence-corrected chi connectivity index (χ4v) is 1.37. The molecular weight excluding hydrogens is 237 g/mol. The Morgan fingerprint density at radius 3 is 2.44 bits per heavy atom. The van der Waals surface area contributed by atoms with Gasteiger partial charge in [0.15, 0.2) is 5.78 Å². The zero-order valence-electron chi connectivity index (χ0n) is 9.98. The molecule has 0 saturated heterocycles. The molecule has 0 unspecified atom stereocenters. The first-order chi connectivity index (χ1) is 8.52. The number of benzene rings is 1. The minimum absolute atomic E-state index is 0.00832. The Kier molecular flexibility index (Phi) is 5.17. The van der Waals surface area contributed by atoms with Gasteiger partial charge in [-0.25, -0.2) is 4.39 Å². The number of halogens is 1. The molecule has 0 fully saturated rings. The van der Waals surface area contributed by atoms with Crippen molar-refractivity contribution in [3.05, 3.63) is 35.6 Å². The molecule has 96 valence electrons. The number of rotatable bonds is 6. The van der Waals surface area contributed by atoms with Gasteiger partial charge in [0.2, 0.25) is 5.91 Å². The Labute approximate surface area is 104 Å². The Balaban J connectivity index is 2.44. The fraction of sp³-hybridized carbons (Fsp3) is 0.308. The lowest BCUT2D eigenvalue weighted by Crippen LogP contribution is -2.33. The largest absolute Gasteiger partial charge is 0.347 e. The monoisotopic (exact) mass is 251 g/mol. The van der Waals surface area contributed by atoms with Gasteiger partial charge in [-0.3, -0.25) is 9.59 Å². The second-order valence-corrected chi connectivity index (χ2v) is 3.92. The number of hydrogen-bond donors (Lipinski definition) is 1. The van der Waals surface area contributed by atoms with Crippen LogP contribution in [0.3, 0.4) is 0 Å². The van der Waals surface area contributed by atoms with Crippen LogP contribution in [-0.4, -0.2) is 24.0 Å².